The summed E-state index contributed by atoms with van der Waals surface area (Å²) in [5.74, 6) is 0.893. The Labute approximate surface area is 122 Å². The SMILES string of the molecule is COc1ccc(CCNC(=O)Cc2scnc2C)cc1. The fourth-order valence-corrected chi connectivity index (χ4v) is 2.62. The van der Waals surface area contributed by atoms with E-state index in [1.807, 2.05) is 31.2 Å². The summed E-state index contributed by atoms with van der Waals surface area (Å²) < 4.78 is 5.11. The molecule has 1 N–H and O–H groups in total. The van der Waals surface area contributed by atoms with Crippen molar-refractivity contribution in [3.63, 3.8) is 0 Å². The van der Waals surface area contributed by atoms with Gasteiger partial charge in [-0.2, -0.15) is 0 Å². The highest BCUT2D eigenvalue weighted by Gasteiger charge is 2.07. The van der Waals surface area contributed by atoms with Gasteiger partial charge < -0.3 is 10.1 Å². The predicted octanol–water partition coefficient (Wildman–Crippen LogP) is 2.36. The van der Waals surface area contributed by atoms with Crippen molar-refractivity contribution in [1.82, 2.24) is 10.3 Å². The lowest BCUT2D eigenvalue weighted by Gasteiger charge is -2.06. The molecule has 1 aromatic carbocycles. The average molecular weight is 290 g/mol. The van der Waals surface area contributed by atoms with Crippen molar-refractivity contribution in [2.24, 2.45) is 0 Å². The van der Waals surface area contributed by atoms with Crippen molar-refractivity contribution in [3.05, 3.63) is 45.9 Å². The van der Waals surface area contributed by atoms with Crippen LogP contribution in [0.3, 0.4) is 0 Å². The molecular formula is C15H18N2O2S. The minimum Gasteiger partial charge on any atom is -0.497 e. The first kappa shape index (κ1) is 14.5. The average Bonchev–Trinajstić information content (AvgIpc) is 2.85. The number of carbonyl (C=O) groups is 1. The van der Waals surface area contributed by atoms with E-state index in [1.54, 1.807) is 12.6 Å². The van der Waals surface area contributed by atoms with Gasteiger partial charge in [-0.3, -0.25) is 4.79 Å². The van der Waals surface area contributed by atoms with Crippen LogP contribution in [-0.4, -0.2) is 24.5 Å². The molecule has 0 spiro atoms. The number of hydrogen-bond donors (Lipinski definition) is 1. The molecule has 0 radical (unpaired) electrons. The number of nitrogens with zero attached hydrogens (tertiary/aromatic N) is 1. The Morgan fingerprint density at radius 1 is 1.35 bits per heavy atom. The minimum absolute atomic E-state index is 0.0471. The Morgan fingerprint density at radius 3 is 2.70 bits per heavy atom. The molecule has 0 aliphatic rings. The monoisotopic (exact) mass is 290 g/mol. The number of ether oxygens (including phenoxy) is 1. The summed E-state index contributed by atoms with van der Waals surface area (Å²) in [7, 11) is 1.65. The van der Waals surface area contributed by atoms with Crippen LogP contribution >= 0.6 is 11.3 Å². The lowest BCUT2D eigenvalue weighted by atomic mass is 10.1. The summed E-state index contributed by atoms with van der Waals surface area (Å²) in [5, 5.41) is 2.93. The molecule has 0 aliphatic carbocycles. The maximum Gasteiger partial charge on any atom is 0.225 e. The Hall–Kier alpha value is -1.88. The van der Waals surface area contributed by atoms with Gasteiger partial charge in [0.05, 0.1) is 24.7 Å². The summed E-state index contributed by atoms with van der Waals surface area (Å²) >= 11 is 1.53. The summed E-state index contributed by atoms with van der Waals surface area (Å²) in [6.45, 7) is 2.57. The van der Waals surface area contributed by atoms with E-state index >= 15 is 0 Å². The van der Waals surface area contributed by atoms with Crippen LogP contribution in [0.15, 0.2) is 29.8 Å². The molecule has 2 rings (SSSR count). The zero-order valence-corrected chi connectivity index (χ0v) is 12.5. The summed E-state index contributed by atoms with van der Waals surface area (Å²) in [4.78, 5) is 17.0. The van der Waals surface area contributed by atoms with Crippen LogP contribution in [0.4, 0.5) is 0 Å². The lowest BCUT2D eigenvalue weighted by Crippen LogP contribution is -2.27. The molecule has 0 saturated carbocycles. The number of carbonyl (C=O) groups excluding carboxylic acids is 1. The fourth-order valence-electron chi connectivity index (χ4n) is 1.84. The van der Waals surface area contributed by atoms with Crippen molar-refractivity contribution in [2.75, 3.05) is 13.7 Å². The van der Waals surface area contributed by atoms with Crippen molar-refractivity contribution in [1.29, 1.82) is 0 Å². The summed E-state index contributed by atoms with van der Waals surface area (Å²) in [6.07, 6.45) is 1.23. The maximum atomic E-state index is 11.8. The zero-order valence-electron chi connectivity index (χ0n) is 11.7. The van der Waals surface area contributed by atoms with Crippen LogP contribution in [-0.2, 0) is 17.6 Å². The molecule has 0 bridgehead atoms. The highest BCUT2D eigenvalue weighted by Crippen LogP contribution is 2.13. The molecule has 106 valence electrons. The van der Waals surface area contributed by atoms with Crippen molar-refractivity contribution in [3.8, 4) is 5.75 Å². The molecule has 0 aliphatic heterocycles. The van der Waals surface area contributed by atoms with Gasteiger partial charge in [-0.05, 0) is 31.0 Å². The number of aromatic nitrogens is 1. The number of amides is 1. The summed E-state index contributed by atoms with van der Waals surface area (Å²) in [5.41, 5.74) is 3.90. The number of hydrogen-bond acceptors (Lipinski definition) is 4. The third kappa shape index (κ3) is 4.06. The first-order chi connectivity index (χ1) is 9.69. The topological polar surface area (TPSA) is 51.2 Å². The Morgan fingerprint density at radius 2 is 2.10 bits per heavy atom. The van der Waals surface area contributed by atoms with Gasteiger partial charge >= 0.3 is 0 Å². The predicted molar refractivity (Wildman–Crippen MR) is 80.3 cm³/mol. The normalized spacial score (nSPS) is 10.3. The Balaban J connectivity index is 1.75. The molecule has 0 unspecified atom stereocenters. The van der Waals surface area contributed by atoms with Crippen LogP contribution in [0, 0.1) is 6.92 Å². The van der Waals surface area contributed by atoms with Crippen LogP contribution in [0.5, 0.6) is 5.75 Å². The molecular weight excluding hydrogens is 272 g/mol. The molecule has 0 fully saturated rings. The quantitative estimate of drug-likeness (QED) is 0.888. The Bertz CT molecular complexity index is 564. The van der Waals surface area contributed by atoms with E-state index in [4.69, 9.17) is 4.74 Å². The van der Waals surface area contributed by atoms with E-state index in [2.05, 4.69) is 10.3 Å². The van der Waals surface area contributed by atoms with Crippen LogP contribution < -0.4 is 10.1 Å². The van der Waals surface area contributed by atoms with Crippen LogP contribution in [0.25, 0.3) is 0 Å². The smallest absolute Gasteiger partial charge is 0.225 e. The molecule has 1 aromatic heterocycles. The highest BCUT2D eigenvalue weighted by molar-refractivity contribution is 7.09. The highest BCUT2D eigenvalue weighted by atomic mass is 32.1. The number of methoxy groups -OCH3 is 1. The maximum absolute atomic E-state index is 11.8. The van der Waals surface area contributed by atoms with E-state index in [9.17, 15) is 4.79 Å². The molecule has 1 heterocycles. The molecule has 1 amide bonds. The first-order valence-corrected chi connectivity index (χ1v) is 7.35. The largest absolute Gasteiger partial charge is 0.497 e. The van der Waals surface area contributed by atoms with E-state index in [0.29, 0.717) is 13.0 Å². The van der Waals surface area contributed by atoms with Gasteiger partial charge in [0.1, 0.15) is 5.75 Å². The number of aryl methyl sites for hydroxylation is 1. The van der Waals surface area contributed by atoms with Crippen LogP contribution in [0.2, 0.25) is 0 Å². The van der Waals surface area contributed by atoms with Crippen LogP contribution in [0.1, 0.15) is 16.1 Å². The zero-order chi connectivity index (χ0) is 14.4. The van der Waals surface area contributed by atoms with E-state index in [-0.39, 0.29) is 5.91 Å². The number of benzene rings is 1. The van der Waals surface area contributed by atoms with Crippen molar-refractivity contribution >= 4 is 17.2 Å². The fraction of sp³-hybridized carbons (Fsp3) is 0.333. The standard InChI is InChI=1S/C15H18N2O2S/c1-11-14(20-10-17-11)9-15(18)16-8-7-12-3-5-13(19-2)6-4-12/h3-6,10H,7-9H2,1-2H3,(H,16,18). The van der Waals surface area contributed by atoms with Crippen molar-refractivity contribution in [2.45, 2.75) is 19.8 Å². The van der Waals surface area contributed by atoms with Gasteiger partial charge in [-0.1, -0.05) is 12.1 Å². The van der Waals surface area contributed by atoms with E-state index < -0.39 is 0 Å². The van der Waals surface area contributed by atoms with Crippen molar-refractivity contribution < 1.29 is 9.53 Å². The number of nitrogens with one attached hydrogen (secondary N) is 1. The number of thiazole rings is 1. The molecule has 20 heavy (non-hydrogen) atoms. The molecule has 2 aromatic rings. The van der Waals surface area contributed by atoms with E-state index in [0.717, 1.165) is 22.7 Å². The van der Waals surface area contributed by atoms with Gasteiger partial charge in [0.25, 0.3) is 0 Å². The lowest BCUT2D eigenvalue weighted by molar-refractivity contribution is -0.120. The van der Waals surface area contributed by atoms with E-state index in [1.165, 1.54) is 16.9 Å². The Kier molecular flexibility index (Phi) is 5.12. The minimum atomic E-state index is 0.0471. The van der Waals surface area contributed by atoms with Gasteiger partial charge in [-0.25, -0.2) is 4.98 Å². The van der Waals surface area contributed by atoms with Gasteiger partial charge in [0.15, 0.2) is 0 Å². The first-order valence-electron chi connectivity index (χ1n) is 6.47. The molecule has 5 heteroatoms. The second kappa shape index (κ2) is 7.05. The van der Waals surface area contributed by atoms with Gasteiger partial charge in [0.2, 0.25) is 5.91 Å². The third-order valence-electron chi connectivity index (χ3n) is 3.06. The molecule has 0 saturated heterocycles. The number of rotatable bonds is 6. The summed E-state index contributed by atoms with van der Waals surface area (Å²) in [6, 6.07) is 7.88. The second-order valence-electron chi connectivity index (χ2n) is 4.49. The van der Waals surface area contributed by atoms with Gasteiger partial charge in [0, 0.05) is 11.4 Å². The third-order valence-corrected chi connectivity index (χ3v) is 4.00. The molecule has 0 atom stereocenters. The molecule has 4 nitrogen and oxygen atoms in total. The van der Waals surface area contributed by atoms with Gasteiger partial charge in [-0.15, -0.1) is 11.3 Å². The second-order valence-corrected chi connectivity index (χ2v) is 5.43.